The highest BCUT2D eigenvalue weighted by atomic mass is 16.5. The molecule has 0 saturated carbocycles. The summed E-state index contributed by atoms with van der Waals surface area (Å²) in [4.78, 5) is 39.1. The molecule has 2 aromatic rings. The van der Waals surface area contributed by atoms with Crippen molar-refractivity contribution in [2.45, 2.75) is 46.1 Å². The number of anilines is 2. The molecule has 0 aromatic heterocycles. The van der Waals surface area contributed by atoms with Crippen molar-refractivity contribution < 1.29 is 23.9 Å². The number of aryl methyl sites for hydroxylation is 1. The summed E-state index contributed by atoms with van der Waals surface area (Å²) in [5.74, 6) is -0.561. The molecule has 1 aliphatic heterocycles. The Balaban J connectivity index is 1.67. The molecular weight excluding hydrogens is 396 g/mol. The molecule has 0 saturated heterocycles. The van der Waals surface area contributed by atoms with Crippen LogP contribution in [-0.2, 0) is 19.1 Å². The van der Waals surface area contributed by atoms with E-state index in [1.807, 2.05) is 39.0 Å². The van der Waals surface area contributed by atoms with Crippen LogP contribution in [0.5, 0.6) is 5.75 Å². The number of ether oxygens (including phenoxy) is 2. The molecular formula is C24H28N2O5. The number of rotatable bonds is 6. The lowest BCUT2D eigenvalue weighted by Crippen LogP contribution is -2.39. The van der Waals surface area contributed by atoms with Gasteiger partial charge >= 0.3 is 5.97 Å². The predicted molar refractivity (Wildman–Crippen MR) is 118 cm³/mol. The molecule has 3 rings (SSSR count). The van der Waals surface area contributed by atoms with Crippen LogP contribution in [0.3, 0.4) is 0 Å². The molecule has 0 unspecified atom stereocenters. The number of esters is 1. The molecule has 0 radical (unpaired) electrons. The average Bonchev–Trinajstić information content (AvgIpc) is 2.88. The van der Waals surface area contributed by atoms with Gasteiger partial charge in [0.1, 0.15) is 12.3 Å². The van der Waals surface area contributed by atoms with E-state index in [2.05, 4.69) is 5.32 Å². The summed E-state index contributed by atoms with van der Waals surface area (Å²) < 4.78 is 10.9. The summed E-state index contributed by atoms with van der Waals surface area (Å²) >= 11 is 0. The fourth-order valence-electron chi connectivity index (χ4n) is 3.48. The highest BCUT2D eigenvalue weighted by Crippen LogP contribution is 2.31. The molecule has 0 bridgehead atoms. The lowest BCUT2D eigenvalue weighted by atomic mass is 9.98. The maximum atomic E-state index is 12.7. The fourth-order valence-corrected chi connectivity index (χ4v) is 3.48. The van der Waals surface area contributed by atoms with Gasteiger partial charge in [-0.2, -0.15) is 0 Å². The van der Waals surface area contributed by atoms with Crippen molar-refractivity contribution in [3.05, 3.63) is 53.6 Å². The van der Waals surface area contributed by atoms with Gasteiger partial charge < -0.3 is 14.8 Å². The number of nitrogens with zero attached hydrogens (tertiary/aromatic N) is 1. The molecule has 164 valence electrons. The third-order valence-electron chi connectivity index (χ3n) is 5.17. The van der Waals surface area contributed by atoms with Crippen LogP contribution in [0, 0.1) is 6.92 Å². The summed E-state index contributed by atoms with van der Waals surface area (Å²) in [6, 6.07) is 12.9. The first-order valence-corrected chi connectivity index (χ1v) is 10.4. The van der Waals surface area contributed by atoms with Gasteiger partial charge in [-0.15, -0.1) is 0 Å². The van der Waals surface area contributed by atoms with E-state index in [9.17, 15) is 14.4 Å². The van der Waals surface area contributed by atoms with Gasteiger partial charge in [-0.1, -0.05) is 44.2 Å². The first kappa shape index (κ1) is 22.3. The molecule has 7 nitrogen and oxygen atoms in total. The van der Waals surface area contributed by atoms with Gasteiger partial charge in [-0.05, 0) is 43.0 Å². The summed E-state index contributed by atoms with van der Waals surface area (Å²) in [7, 11) is 0. The minimum atomic E-state index is -1.01. The highest BCUT2D eigenvalue weighted by Gasteiger charge is 2.27. The fraction of sp³-hybridized carbons (Fsp3) is 0.375. The van der Waals surface area contributed by atoms with E-state index in [1.165, 1.54) is 11.8 Å². The second-order valence-electron chi connectivity index (χ2n) is 7.86. The molecule has 0 spiro atoms. The predicted octanol–water partition coefficient (Wildman–Crippen LogP) is 3.80. The molecule has 31 heavy (non-hydrogen) atoms. The maximum Gasteiger partial charge on any atom is 0.326 e. The van der Waals surface area contributed by atoms with Crippen LogP contribution in [0.15, 0.2) is 42.5 Å². The Morgan fingerprint density at radius 3 is 2.61 bits per heavy atom. The molecule has 1 N–H and O–H groups in total. The molecule has 2 amide bonds. The quantitative estimate of drug-likeness (QED) is 0.713. The van der Waals surface area contributed by atoms with Crippen LogP contribution in [-0.4, -0.2) is 37.0 Å². The van der Waals surface area contributed by atoms with Crippen LogP contribution in [0.25, 0.3) is 0 Å². The number of nitrogens with one attached hydrogen (secondary N) is 1. The second kappa shape index (κ2) is 9.64. The number of hydrogen-bond donors (Lipinski definition) is 1. The van der Waals surface area contributed by atoms with Crippen molar-refractivity contribution in [2.24, 2.45) is 0 Å². The van der Waals surface area contributed by atoms with Crippen LogP contribution in [0.2, 0.25) is 0 Å². The third kappa shape index (κ3) is 5.23. The van der Waals surface area contributed by atoms with Crippen LogP contribution in [0.4, 0.5) is 11.4 Å². The van der Waals surface area contributed by atoms with E-state index in [1.54, 1.807) is 24.3 Å². The van der Waals surface area contributed by atoms with E-state index < -0.39 is 18.0 Å². The van der Waals surface area contributed by atoms with Crippen LogP contribution < -0.4 is 15.0 Å². The zero-order valence-corrected chi connectivity index (χ0v) is 18.3. The minimum absolute atomic E-state index is 0.156. The van der Waals surface area contributed by atoms with E-state index in [4.69, 9.17) is 9.47 Å². The average molecular weight is 424 g/mol. The first-order chi connectivity index (χ1) is 14.8. The summed E-state index contributed by atoms with van der Waals surface area (Å²) in [6.45, 7) is 7.49. The number of para-hydroxylation sites is 3. The Morgan fingerprint density at radius 2 is 1.87 bits per heavy atom. The Hall–Kier alpha value is -3.35. The number of amides is 2. The van der Waals surface area contributed by atoms with Gasteiger partial charge in [-0.3, -0.25) is 19.3 Å². The number of carbonyl (C=O) groups is 3. The van der Waals surface area contributed by atoms with E-state index in [-0.39, 0.29) is 31.4 Å². The van der Waals surface area contributed by atoms with Crippen molar-refractivity contribution in [1.29, 1.82) is 0 Å². The maximum absolute atomic E-state index is 12.7. The summed E-state index contributed by atoms with van der Waals surface area (Å²) in [5, 5.41) is 2.89. The lowest BCUT2D eigenvalue weighted by Gasteiger charge is -2.22. The van der Waals surface area contributed by atoms with Crippen LogP contribution in [0.1, 0.15) is 44.2 Å². The van der Waals surface area contributed by atoms with Gasteiger partial charge in [0.2, 0.25) is 5.91 Å². The van der Waals surface area contributed by atoms with Gasteiger partial charge in [0, 0.05) is 5.69 Å². The van der Waals surface area contributed by atoms with Gasteiger partial charge in [0.15, 0.2) is 6.10 Å². The smallest absolute Gasteiger partial charge is 0.326 e. The minimum Gasteiger partial charge on any atom is -0.491 e. The molecule has 0 fully saturated rings. The Morgan fingerprint density at radius 1 is 1.13 bits per heavy atom. The normalized spacial score (nSPS) is 14.4. The van der Waals surface area contributed by atoms with Crippen molar-refractivity contribution in [3.63, 3.8) is 0 Å². The molecule has 1 atom stereocenters. The van der Waals surface area contributed by atoms with E-state index >= 15 is 0 Å². The van der Waals surface area contributed by atoms with Crippen molar-refractivity contribution in [2.75, 3.05) is 23.4 Å². The zero-order chi connectivity index (χ0) is 22.5. The van der Waals surface area contributed by atoms with Crippen molar-refractivity contribution in [1.82, 2.24) is 0 Å². The Kier molecular flexibility index (Phi) is 6.95. The van der Waals surface area contributed by atoms with Gasteiger partial charge in [0.05, 0.1) is 18.7 Å². The SMILES string of the molecule is Cc1cccc(C(C)C)c1NC(=O)[C@H](C)OC(=O)CN1C(=O)CCOc2ccccc21. The van der Waals surface area contributed by atoms with E-state index in [0.717, 1.165) is 16.8 Å². The molecule has 1 aliphatic rings. The standard InChI is InChI=1S/C24H28N2O5/c1-15(2)18-9-7-8-16(3)23(18)25-24(29)17(4)31-22(28)14-26-19-10-5-6-11-20(19)30-13-12-21(26)27/h5-11,15,17H,12-14H2,1-4H3,(H,25,29)/t17-/m0/s1. The lowest BCUT2D eigenvalue weighted by molar-refractivity contribution is -0.152. The Bertz CT molecular complexity index is 986. The summed E-state index contributed by atoms with van der Waals surface area (Å²) in [6.07, 6.45) is -0.857. The van der Waals surface area contributed by atoms with Crippen molar-refractivity contribution in [3.8, 4) is 5.75 Å². The van der Waals surface area contributed by atoms with E-state index in [0.29, 0.717) is 11.4 Å². The topological polar surface area (TPSA) is 84.9 Å². The number of hydrogen-bond acceptors (Lipinski definition) is 5. The number of carbonyl (C=O) groups excluding carboxylic acids is 3. The molecule has 2 aromatic carbocycles. The number of fused-ring (bicyclic) bond motifs is 1. The molecule has 1 heterocycles. The first-order valence-electron chi connectivity index (χ1n) is 10.4. The number of benzene rings is 2. The molecule has 7 heteroatoms. The largest absolute Gasteiger partial charge is 0.491 e. The Labute approximate surface area is 182 Å². The molecule has 0 aliphatic carbocycles. The second-order valence-corrected chi connectivity index (χ2v) is 7.86. The summed E-state index contributed by atoms with van der Waals surface area (Å²) in [5.41, 5.74) is 3.20. The van der Waals surface area contributed by atoms with Crippen molar-refractivity contribution >= 4 is 29.2 Å². The third-order valence-corrected chi connectivity index (χ3v) is 5.17. The highest BCUT2D eigenvalue weighted by molar-refractivity contribution is 6.00. The zero-order valence-electron chi connectivity index (χ0n) is 18.3. The van der Waals surface area contributed by atoms with Crippen LogP contribution >= 0.6 is 0 Å². The monoisotopic (exact) mass is 424 g/mol. The van der Waals surface area contributed by atoms with Gasteiger partial charge in [-0.25, -0.2) is 0 Å². The van der Waals surface area contributed by atoms with Gasteiger partial charge in [0.25, 0.3) is 5.91 Å².